The van der Waals surface area contributed by atoms with Crippen LogP contribution in [0.5, 0.6) is 0 Å². The van der Waals surface area contributed by atoms with Crippen LogP contribution < -0.4 is 0 Å². The molecule has 0 aliphatic rings. The maximum absolute atomic E-state index is 5.65. The van der Waals surface area contributed by atoms with Crippen LogP contribution in [0.3, 0.4) is 0 Å². The van der Waals surface area contributed by atoms with Crippen LogP contribution >= 0.6 is 12.2 Å². The zero-order valence-corrected chi connectivity index (χ0v) is 14.8. The summed E-state index contributed by atoms with van der Waals surface area (Å²) in [4.78, 5) is 8.91. The molecule has 0 amide bonds. The molecule has 124 valence electrons. The molecule has 3 heterocycles. The van der Waals surface area contributed by atoms with Gasteiger partial charge in [0, 0.05) is 17.8 Å². The first kappa shape index (κ1) is 16.9. The standard InChI is InChI=1S/C20H18N4S/c1-3-8-15(9-4-2)14-24-20(25)16-10-7-13-22-18(16)19(23-24)17-11-5-6-12-21-17/h3-13H,1,14H2,2H3/b9-4-,15-8+. The van der Waals surface area contributed by atoms with Gasteiger partial charge in [0.1, 0.15) is 15.9 Å². The third-order valence-corrected chi connectivity index (χ3v) is 4.10. The van der Waals surface area contributed by atoms with E-state index >= 15 is 0 Å². The van der Waals surface area contributed by atoms with Crippen molar-refractivity contribution in [3.63, 3.8) is 0 Å². The van der Waals surface area contributed by atoms with Gasteiger partial charge in [-0.05, 0) is 36.8 Å². The van der Waals surface area contributed by atoms with Crippen LogP contribution in [0.4, 0.5) is 0 Å². The van der Waals surface area contributed by atoms with Gasteiger partial charge in [-0.3, -0.25) is 9.97 Å². The summed E-state index contributed by atoms with van der Waals surface area (Å²) < 4.78 is 2.47. The van der Waals surface area contributed by atoms with Crippen LogP contribution in [-0.2, 0) is 6.54 Å². The number of hydrogen-bond acceptors (Lipinski definition) is 4. The highest BCUT2D eigenvalue weighted by molar-refractivity contribution is 7.71. The number of fused-ring (bicyclic) bond motifs is 1. The number of rotatable bonds is 5. The molecule has 3 aromatic heterocycles. The summed E-state index contributed by atoms with van der Waals surface area (Å²) in [5.41, 5.74) is 3.33. The average Bonchev–Trinajstić information content (AvgIpc) is 2.65. The fraction of sp³-hybridized carbons (Fsp3) is 0.100. The van der Waals surface area contributed by atoms with Crippen molar-refractivity contribution in [2.75, 3.05) is 0 Å². The lowest BCUT2D eigenvalue weighted by Crippen LogP contribution is -2.10. The molecular weight excluding hydrogens is 328 g/mol. The molecule has 0 aromatic carbocycles. The Morgan fingerprint density at radius 1 is 1.20 bits per heavy atom. The lowest BCUT2D eigenvalue weighted by molar-refractivity contribution is 0.663. The Hall–Kier alpha value is -2.92. The molecule has 3 aromatic rings. The van der Waals surface area contributed by atoms with Crippen molar-refractivity contribution in [3.05, 3.63) is 83.8 Å². The number of allylic oxidation sites excluding steroid dienone is 5. The monoisotopic (exact) mass is 346 g/mol. The zero-order valence-electron chi connectivity index (χ0n) is 14.0. The molecule has 0 N–H and O–H groups in total. The molecule has 0 aliphatic carbocycles. The van der Waals surface area contributed by atoms with E-state index in [9.17, 15) is 0 Å². The second kappa shape index (κ2) is 7.77. The molecule has 0 aliphatic heterocycles. The van der Waals surface area contributed by atoms with Crippen LogP contribution in [0.15, 0.2) is 79.2 Å². The fourth-order valence-electron chi connectivity index (χ4n) is 2.60. The molecule has 0 spiro atoms. The predicted octanol–water partition coefficient (Wildman–Crippen LogP) is 4.91. The molecule has 5 heteroatoms. The van der Waals surface area contributed by atoms with Gasteiger partial charge >= 0.3 is 0 Å². The molecule has 0 fully saturated rings. The summed E-state index contributed by atoms with van der Waals surface area (Å²) in [5.74, 6) is 0. The van der Waals surface area contributed by atoms with Gasteiger partial charge in [0.15, 0.2) is 0 Å². The highest BCUT2D eigenvalue weighted by Crippen LogP contribution is 2.24. The Balaban J connectivity index is 2.24. The van der Waals surface area contributed by atoms with E-state index < -0.39 is 0 Å². The summed E-state index contributed by atoms with van der Waals surface area (Å²) in [6.45, 7) is 6.31. The molecule has 0 radical (unpaired) electrons. The smallest absolute Gasteiger partial charge is 0.136 e. The minimum Gasteiger partial charge on any atom is -0.254 e. The molecule has 0 saturated carbocycles. The minimum atomic E-state index is 0.555. The lowest BCUT2D eigenvalue weighted by atomic mass is 10.2. The minimum absolute atomic E-state index is 0.555. The van der Waals surface area contributed by atoms with Gasteiger partial charge in [0.2, 0.25) is 0 Å². The summed E-state index contributed by atoms with van der Waals surface area (Å²) in [7, 11) is 0. The summed E-state index contributed by atoms with van der Waals surface area (Å²) in [6, 6.07) is 9.61. The third-order valence-electron chi connectivity index (χ3n) is 3.67. The van der Waals surface area contributed by atoms with Crippen molar-refractivity contribution < 1.29 is 0 Å². The number of pyridine rings is 2. The maximum atomic E-state index is 5.65. The van der Waals surface area contributed by atoms with E-state index in [0.717, 1.165) is 27.9 Å². The number of nitrogens with zero attached hydrogens (tertiary/aromatic N) is 4. The van der Waals surface area contributed by atoms with Crippen LogP contribution in [-0.4, -0.2) is 19.7 Å². The molecule has 0 unspecified atom stereocenters. The van der Waals surface area contributed by atoms with Gasteiger partial charge in [-0.1, -0.05) is 49.2 Å². The Kier molecular flexibility index (Phi) is 5.26. The van der Waals surface area contributed by atoms with E-state index in [1.54, 1.807) is 18.5 Å². The van der Waals surface area contributed by atoms with Gasteiger partial charge in [-0.25, -0.2) is 4.68 Å². The highest BCUT2D eigenvalue weighted by atomic mass is 32.1. The normalized spacial score (nSPS) is 12.0. The average molecular weight is 346 g/mol. The Morgan fingerprint density at radius 3 is 2.76 bits per heavy atom. The molecule has 25 heavy (non-hydrogen) atoms. The summed E-state index contributed by atoms with van der Waals surface area (Å²) in [5, 5.41) is 5.65. The second-order valence-corrected chi connectivity index (χ2v) is 5.79. The van der Waals surface area contributed by atoms with Gasteiger partial charge in [0.05, 0.1) is 12.2 Å². The van der Waals surface area contributed by atoms with Crippen molar-refractivity contribution in [2.24, 2.45) is 0 Å². The molecular formula is C20H18N4S. The Morgan fingerprint density at radius 2 is 2.04 bits per heavy atom. The van der Waals surface area contributed by atoms with Crippen LogP contribution in [0.1, 0.15) is 6.92 Å². The quantitative estimate of drug-likeness (QED) is 0.486. The highest BCUT2D eigenvalue weighted by Gasteiger charge is 2.12. The Bertz CT molecular complexity index is 1020. The second-order valence-electron chi connectivity index (χ2n) is 5.40. The summed E-state index contributed by atoms with van der Waals surface area (Å²) in [6.07, 6.45) is 11.2. The van der Waals surface area contributed by atoms with Gasteiger partial charge in [0.25, 0.3) is 0 Å². The SMILES string of the molecule is C=C/C=C(\C=C/C)Cn1nc(-c2ccccn2)c2ncccc2c1=S. The number of hydrogen-bond donors (Lipinski definition) is 0. The van der Waals surface area contributed by atoms with Crippen LogP contribution in [0, 0.1) is 4.64 Å². The maximum Gasteiger partial charge on any atom is 0.136 e. The van der Waals surface area contributed by atoms with Gasteiger partial charge in [-0.15, -0.1) is 0 Å². The zero-order chi connectivity index (χ0) is 17.6. The van der Waals surface area contributed by atoms with Crippen LogP contribution in [0.25, 0.3) is 22.3 Å². The van der Waals surface area contributed by atoms with E-state index in [2.05, 4.69) is 16.5 Å². The molecule has 3 rings (SSSR count). The van der Waals surface area contributed by atoms with Crippen molar-refractivity contribution in [2.45, 2.75) is 13.5 Å². The summed E-state index contributed by atoms with van der Waals surface area (Å²) >= 11 is 5.65. The lowest BCUT2D eigenvalue weighted by Gasteiger charge is -2.12. The van der Waals surface area contributed by atoms with Crippen molar-refractivity contribution in [1.82, 2.24) is 19.7 Å². The Labute approximate surface area is 151 Å². The van der Waals surface area contributed by atoms with Gasteiger partial charge in [-0.2, -0.15) is 5.10 Å². The predicted molar refractivity (Wildman–Crippen MR) is 105 cm³/mol. The largest absolute Gasteiger partial charge is 0.254 e. The van der Waals surface area contributed by atoms with Crippen molar-refractivity contribution >= 4 is 23.1 Å². The van der Waals surface area contributed by atoms with E-state index in [1.807, 2.05) is 60.2 Å². The molecule has 0 atom stereocenters. The number of aromatic nitrogens is 4. The molecule has 0 bridgehead atoms. The third kappa shape index (κ3) is 3.61. The van der Waals surface area contributed by atoms with Gasteiger partial charge < -0.3 is 0 Å². The van der Waals surface area contributed by atoms with E-state index in [1.165, 1.54) is 0 Å². The topological polar surface area (TPSA) is 43.6 Å². The van der Waals surface area contributed by atoms with E-state index in [4.69, 9.17) is 17.3 Å². The first-order chi connectivity index (χ1) is 12.2. The molecule has 0 saturated heterocycles. The van der Waals surface area contributed by atoms with Crippen LogP contribution in [0.2, 0.25) is 0 Å². The first-order valence-corrected chi connectivity index (χ1v) is 8.37. The van der Waals surface area contributed by atoms with E-state index in [-0.39, 0.29) is 0 Å². The first-order valence-electron chi connectivity index (χ1n) is 7.96. The fourth-order valence-corrected chi connectivity index (χ4v) is 2.87. The molecule has 4 nitrogen and oxygen atoms in total. The van der Waals surface area contributed by atoms with Crippen molar-refractivity contribution in [1.29, 1.82) is 0 Å². The van der Waals surface area contributed by atoms with Crippen molar-refractivity contribution in [3.8, 4) is 11.4 Å². The van der Waals surface area contributed by atoms with E-state index in [0.29, 0.717) is 11.2 Å².